The van der Waals surface area contributed by atoms with Crippen molar-refractivity contribution in [3.63, 3.8) is 0 Å². The van der Waals surface area contributed by atoms with Crippen LogP contribution in [0.15, 0.2) is 0 Å². The van der Waals surface area contributed by atoms with Crippen molar-refractivity contribution >= 4 is 18.0 Å². The van der Waals surface area contributed by atoms with Crippen molar-refractivity contribution in [1.29, 1.82) is 0 Å². The highest BCUT2D eigenvalue weighted by Gasteiger charge is 2.30. The molecule has 1 unspecified atom stereocenters. The number of aliphatic carboxylic acids is 1. The number of likely N-dealkylation sites (tertiary alicyclic amines) is 1. The van der Waals surface area contributed by atoms with Crippen LogP contribution in [0.5, 0.6) is 0 Å². The summed E-state index contributed by atoms with van der Waals surface area (Å²) in [6.07, 6.45) is 2.40. The summed E-state index contributed by atoms with van der Waals surface area (Å²) >= 11 is 0. The first-order valence-electron chi connectivity index (χ1n) is 6.26. The molecule has 1 fully saturated rings. The third-order valence-corrected chi connectivity index (χ3v) is 3.20. The fourth-order valence-electron chi connectivity index (χ4n) is 2.21. The van der Waals surface area contributed by atoms with E-state index in [1.165, 1.54) is 19.1 Å². The molecule has 19 heavy (non-hydrogen) atoms. The van der Waals surface area contributed by atoms with Gasteiger partial charge in [-0.15, -0.1) is 0 Å². The van der Waals surface area contributed by atoms with E-state index in [4.69, 9.17) is 5.11 Å². The molecule has 108 valence electrons. The van der Waals surface area contributed by atoms with Gasteiger partial charge in [0.25, 0.3) is 0 Å². The van der Waals surface area contributed by atoms with Crippen LogP contribution in [0, 0.1) is 0 Å². The lowest BCUT2D eigenvalue weighted by atomic mass is 10.00. The fraction of sp³-hybridized carbons (Fsp3) is 0.750. The maximum absolute atomic E-state index is 12.2. The highest BCUT2D eigenvalue weighted by atomic mass is 16.5. The Morgan fingerprint density at radius 3 is 2.63 bits per heavy atom. The van der Waals surface area contributed by atoms with Gasteiger partial charge in [0, 0.05) is 19.6 Å². The van der Waals surface area contributed by atoms with E-state index in [1.54, 1.807) is 4.90 Å². The molecule has 1 heterocycles. The molecule has 0 radical (unpaired) electrons. The molecule has 1 saturated heterocycles. The van der Waals surface area contributed by atoms with E-state index < -0.39 is 11.9 Å². The topological polar surface area (TPSA) is 87.2 Å². The van der Waals surface area contributed by atoms with Gasteiger partial charge < -0.3 is 19.6 Å². The van der Waals surface area contributed by atoms with Crippen molar-refractivity contribution in [2.45, 2.75) is 31.7 Å². The van der Waals surface area contributed by atoms with Crippen LogP contribution in [-0.4, -0.2) is 66.2 Å². The Morgan fingerprint density at radius 1 is 1.37 bits per heavy atom. The minimum atomic E-state index is -0.916. The average molecular weight is 272 g/mol. The predicted octanol–water partition coefficient (Wildman–Crippen LogP) is 0.540. The fourth-order valence-corrected chi connectivity index (χ4v) is 2.21. The Labute approximate surface area is 112 Å². The number of amides is 2. The number of carbonyl (C=O) groups is 3. The summed E-state index contributed by atoms with van der Waals surface area (Å²) in [6.45, 7) is 0.397. The standard InChI is InChI=1S/C12H20N2O5/c1-13(8-11(17)19-2)12(18)14-6-4-3-5-9(14)7-10(15)16/h9H,3-8H2,1-2H3,(H,15,16). The molecule has 0 aromatic rings. The molecule has 1 aliphatic heterocycles. The lowest BCUT2D eigenvalue weighted by molar-refractivity contribution is -0.141. The largest absolute Gasteiger partial charge is 0.481 e. The van der Waals surface area contributed by atoms with E-state index in [9.17, 15) is 14.4 Å². The van der Waals surface area contributed by atoms with E-state index in [-0.39, 0.29) is 25.0 Å². The summed E-state index contributed by atoms with van der Waals surface area (Å²) in [5, 5.41) is 8.86. The predicted molar refractivity (Wildman–Crippen MR) is 66.6 cm³/mol. The second-order valence-corrected chi connectivity index (χ2v) is 4.66. The molecule has 1 rings (SSSR count). The van der Waals surface area contributed by atoms with Gasteiger partial charge in [-0.25, -0.2) is 4.79 Å². The average Bonchev–Trinajstić information content (AvgIpc) is 2.37. The second kappa shape index (κ2) is 6.96. The smallest absolute Gasteiger partial charge is 0.325 e. The minimum absolute atomic E-state index is 0.0577. The molecule has 0 aromatic heterocycles. The highest BCUT2D eigenvalue weighted by molar-refractivity contribution is 5.81. The summed E-state index contributed by atoms with van der Waals surface area (Å²) in [6, 6.07) is -0.616. The van der Waals surface area contributed by atoms with Gasteiger partial charge in [-0.1, -0.05) is 0 Å². The highest BCUT2D eigenvalue weighted by Crippen LogP contribution is 2.20. The van der Waals surface area contributed by atoms with Crippen molar-refractivity contribution in [2.24, 2.45) is 0 Å². The molecule has 0 aromatic carbocycles. The summed E-state index contributed by atoms with van der Waals surface area (Å²) in [7, 11) is 2.76. The normalized spacial score (nSPS) is 18.8. The van der Waals surface area contributed by atoms with Crippen molar-refractivity contribution in [3.8, 4) is 0 Å². The lowest BCUT2D eigenvalue weighted by Crippen LogP contribution is -2.50. The minimum Gasteiger partial charge on any atom is -0.481 e. The quantitative estimate of drug-likeness (QED) is 0.755. The Balaban J connectivity index is 2.65. The van der Waals surface area contributed by atoms with Crippen LogP contribution in [0.25, 0.3) is 0 Å². The SMILES string of the molecule is COC(=O)CN(C)C(=O)N1CCCCC1CC(=O)O. The molecule has 1 N–H and O–H groups in total. The maximum atomic E-state index is 12.2. The molecule has 1 aliphatic rings. The number of carboxylic acid groups (broad SMARTS) is 1. The third-order valence-electron chi connectivity index (χ3n) is 3.20. The number of piperidine rings is 1. The Bertz CT molecular complexity index is 358. The first kappa shape index (κ1) is 15.3. The first-order valence-corrected chi connectivity index (χ1v) is 6.26. The monoisotopic (exact) mass is 272 g/mol. The van der Waals surface area contributed by atoms with Gasteiger partial charge in [-0.05, 0) is 19.3 Å². The Hall–Kier alpha value is -1.79. The lowest BCUT2D eigenvalue weighted by Gasteiger charge is -2.37. The number of hydrogen-bond donors (Lipinski definition) is 1. The molecule has 0 saturated carbocycles. The number of rotatable bonds is 4. The molecule has 0 spiro atoms. The molecule has 2 amide bonds. The number of hydrogen-bond acceptors (Lipinski definition) is 4. The number of carboxylic acids is 1. The molecule has 0 aliphatic carbocycles. The van der Waals surface area contributed by atoms with E-state index >= 15 is 0 Å². The zero-order valence-corrected chi connectivity index (χ0v) is 11.3. The summed E-state index contributed by atoms with van der Waals surface area (Å²) in [5.74, 6) is -1.41. The van der Waals surface area contributed by atoms with Crippen LogP contribution in [0.2, 0.25) is 0 Å². The Morgan fingerprint density at radius 2 is 2.05 bits per heavy atom. The van der Waals surface area contributed by atoms with Crippen molar-refractivity contribution in [2.75, 3.05) is 27.2 Å². The van der Waals surface area contributed by atoms with Crippen LogP contribution >= 0.6 is 0 Å². The van der Waals surface area contributed by atoms with Crippen LogP contribution in [0.1, 0.15) is 25.7 Å². The zero-order valence-electron chi connectivity index (χ0n) is 11.3. The van der Waals surface area contributed by atoms with E-state index in [1.807, 2.05) is 0 Å². The molecule has 0 bridgehead atoms. The molecule has 7 heteroatoms. The maximum Gasteiger partial charge on any atom is 0.325 e. The summed E-state index contributed by atoms with van der Waals surface area (Å²) < 4.78 is 4.50. The molecular weight excluding hydrogens is 252 g/mol. The number of ether oxygens (including phenoxy) is 1. The van der Waals surface area contributed by atoms with Crippen molar-refractivity contribution < 1.29 is 24.2 Å². The van der Waals surface area contributed by atoms with Crippen LogP contribution in [0.3, 0.4) is 0 Å². The number of likely N-dealkylation sites (N-methyl/N-ethyl adjacent to an activating group) is 1. The van der Waals surface area contributed by atoms with Crippen molar-refractivity contribution in [3.05, 3.63) is 0 Å². The van der Waals surface area contributed by atoms with E-state index in [0.29, 0.717) is 13.0 Å². The molecule has 7 nitrogen and oxygen atoms in total. The van der Waals surface area contributed by atoms with Gasteiger partial charge in [-0.2, -0.15) is 0 Å². The van der Waals surface area contributed by atoms with Crippen molar-refractivity contribution in [1.82, 2.24) is 9.80 Å². The number of carbonyl (C=O) groups excluding carboxylic acids is 2. The van der Waals surface area contributed by atoms with Gasteiger partial charge >= 0.3 is 18.0 Å². The number of nitrogens with zero attached hydrogens (tertiary/aromatic N) is 2. The van der Waals surface area contributed by atoms with Gasteiger partial charge in [0.15, 0.2) is 0 Å². The molecule has 1 atom stereocenters. The number of methoxy groups -OCH3 is 1. The first-order chi connectivity index (χ1) is 8.95. The van der Waals surface area contributed by atoms with Crippen LogP contribution in [-0.2, 0) is 14.3 Å². The van der Waals surface area contributed by atoms with Gasteiger partial charge in [0.1, 0.15) is 6.54 Å². The van der Waals surface area contributed by atoms with Crippen LogP contribution in [0.4, 0.5) is 4.79 Å². The zero-order chi connectivity index (χ0) is 14.4. The van der Waals surface area contributed by atoms with Gasteiger partial charge in [0.05, 0.1) is 13.5 Å². The van der Waals surface area contributed by atoms with Crippen LogP contribution < -0.4 is 0 Å². The third kappa shape index (κ3) is 4.42. The van der Waals surface area contributed by atoms with Gasteiger partial charge in [-0.3, -0.25) is 9.59 Å². The van der Waals surface area contributed by atoms with E-state index in [2.05, 4.69) is 4.74 Å². The summed E-state index contributed by atoms with van der Waals surface area (Å²) in [4.78, 5) is 36.9. The van der Waals surface area contributed by atoms with Gasteiger partial charge in [0.2, 0.25) is 0 Å². The number of esters is 1. The summed E-state index contributed by atoms with van der Waals surface area (Å²) in [5.41, 5.74) is 0. The Kier molecular flexibility index (Phi) is 5.59. The number of urea groups is 1. The van der Waals surface area contributed by atoms with E-state index in [0.717, 1.165) is 12.8 Å². The second-order valence-electron chi connectivity index (χ2n) is 4.66. The molecular formula is C12H20N2O5.